The number of aliphatic hydroxyl groups excluding tert-OH is 5. The minimum absolute atomic E-state index is 0.0143. The molecule has 0 aromatic heterocycles. The second kappa shape index (κ2) is 72.6. The minimum Gasteiger partial charge on any atom is -0.466 e. The Bertz CT molecular complexity index is 1770. The quantitative estimate of drug-likeness (QED) is 0.0195. The predicted octanol–water partition coefficient (Wildman–Crippen LogP) is 22.4. The third kappa shape index (κ3) is 61.0. The van der Waals surface area contributed by atoms with Gasteiger partial charge in [0.1, 0.15) is 24.4 Å². The highest BCUT2D eigenvalue weighted by Crippen LogP contribution is 2.24. The van der Waals surface area contributed by atoms with Crippen LogP contribution >= 0.6 is 0 Å². The molecule has 0 radical (unpaired) electrons. The first-order valence-corrected chi connectivity index (χ1v) is 41.1. The molecule has 1 amide bonds. The maximum Gasteiger partial charge on any atom is 0.305 e. The van der Waals surface area contributed by atoms with Gasteiger partial charge >= 0.3 is 5.97 Å². The molecule has 556 valence electrons. The van der Waals surface area contributed by atoms with Crippen molar-refractivity contribution in [1.29, 1.82) is 0 Å². The molecule has 11 heteroatoms. The maximum absolute atomic E-state index is 13.0. The van der Waals surface area contributed by atoms with E-state index in [1.54, 1.807) is 6.08 Å². The number of allylic oxidation sites excluding steroid dienone is 9. The second-order valence-electron chi connectivity index (χ2n) is 28.5. The zero-order valence-electron chi connectivity index (χ0n) is 62.1. The first-order chi connectivity index (χ1) is 46.7. The van der Waals surface area contributed by atoms with E-state index in [4.69, 9.17) is 14.2 Å². The van der Waals surface area contributed by atoms with E-state index in [2.05, 4.69) is 67.8 Å². The van der Waals surface area contributed by atoms with E-state index in [1.165, 1.54) is 308 Å². The van der Waals surface area contributed by atoms with Crippen molar-refractivity contribution in [1.82, 2.24) is 5.32 Å². The number of unbranched alkanes of at least 4 members (excludes halogenated alkanes) is 51. The van der Waals surface area contributed by atoms with Gasteiger partial charge < -0.3 is 45.1 Å². The fourth-order valence-electron chi connectivity index (χ4n) is 12.9. The number of carbonyl (C=O) groups excluding carboxylic acids is 2. The number of aliphatic hydroxyl groups is 5. The zero-order valence-corrected chi connectivity index (χ0v) is 62.1. The summed E-state index contributed by atoms with van der Waals surface area (Å²) in [5, 5.41) is 54.3. The second-order valence-corrected chi connectivity index (χ2v) is 28.5. The van der Waals surface area contributed by atoms with Crippen molar-refractivity contribution in [3.8, 4) is 0 Å². The van der Waals surface area contributed by atoms with Crippen molar-refractivity contribution in [2.24, 2.45) is 0 Å². The van der Waals surface area contributed by atoms with E-state index >= 15 is 0 Å². The lowest BCUT2D eigenvalue weighted by Gasteiger charge is -2.40. The molecule has 0 spiro atoms. The van der Waals surface area contributed by atoms with Gasteiger partial charge in [0.05, 0.1) is 32.0 Å². The Balaban J connectivity index is 1.85. The highest BCUT2D eigenvalue weighted by molar-refractivity contribution is 5.76. The molecule has 6 N–H and O–H groups in total. The van der Waals surface area contributed by atoms with Gasteiger partial charge in [-0.3, -0.25) is 9.59 Å². The van der Waals surface area contributed by atoms with Crippen LogP contribution in [-0.4, -0.2) is 100 Å². The summed E-state index contributed by atoms with van der Waals surface area (Å²) in [6, 6.07) is -0.825. The van der Waals surface area contributed by atoms with E-state index in [9.17, 15) is 35.1 Å². The van der Waals surface area contributed by atoms with Crippen molar-refractivity contribution in [3.63, 3.8) is 0 Å². The maximum atomic E-state index is 13.0. The molecule has 0 aromatic rings. The normalized spacial score (nSPS) is 17.7. The van der Waals surface area contributed by atoms with Crippen molar-refractivity contribution >= 4 is 11.9 Å². The summed E-state index contributed by atoms with van der Waals surface area (Å²) in [5.74, 6) is -0.176. The molecule has 1 fully saturated rings. The minimum atomic E-state index is -1.57. The van der Waals surface area contributed by atoms with E-state index in [1.807, 2.05) is 6.08 Å². The van der Waals surface area contributed by atoms with Crippen LogP contribution in [0.3, 0.4) is 0 Å². The lowest BCUT2D eigenvalue weighted by Crippen LogP contribution is -2.60. The number of hydrogen-bond donors (Lipinski definition) is 6. The van der Waals surface area contributed by atoms with Gasteiger partial charge in [0.2, 0.25) is 5.91 Å². The van der Waals surface area contributed by atoms with Crippen LogP contribution < -0.4 is 5.32 Å². The van der Waals surface area contributed by atoms with Gasteiger partial charge in [-0.05, 0) is 103 Å². The predicted molar refractivity (Wildman–Crippen MR) is 403 cm³/mol. The van der Waals surface area contributed by atoms with E-state index < -0.39 is 49.5 Å². The molecule has 1 heterocycles. The van der Waals surface area contributed by atoms with Crippen LogP contribution in [0.5, 0.6) is 0 Å². The Morgan fingerprint density at radius 1 is 0.389 bits per heavy atom. The van der Waals surface area contributed by atoms with Crippen molar-refractivity contribution in [3.05, 3.63) is 60.8 Å². The summed E-state index contributed by atoms with van der Waals surface area (Å²) in [4.78, 5) is 25.2. The largest absolute Gasteiger partial charge is 0.466 e. The third-order valence-electron chi connectivity index (χ3n) is 19.3. The third-order valence-corrected chi connectivity index (χ3v) is 19.3. The number of ether oxygens (including phenoxy) is 3. The molecule has 1 aliphatic rings. The highest BCUT2D eigenvalue weighted by Gasteiger charge is 2.44. The standard InChI is InChI=1S/C84H155NO10/c1-3-5-7-9-11-13-14-15-16-17-39-43-46-49-52-56-60-64-68-72-80(89)93-73-69-65-61-57-53-50-47-44-41-38-36-34-32-30-28-26-24-22-20-18-19-21-23-25-27-29-31-33-35-37-40-42-45-48-51-55-59-63-67-71-79(88)85-76(77(87)70-66-62-58-54-12-10-8-6-4-2)75-94-84-83(92)82(91)81(90)78(74-86)95-84/h12,15-16,18-19,22,24,54,66,70,76-78,81-84,86-87,90-92H,3-11,13-14,17,20-21,23,25-53,55-65,67-69,71-75H2,1-2H3,(H,85,88)/b16-15-,19-18-,24-22-,54-12+,70-66+. The van der Waals surface area contributed by atoms with Crippen molar-refractivity contribution < 1.29 is 49.3 Å². The van der Waals surface area contributed by atoms with Crippen LogP contribution in [0.4, 0.5) is 0 Å². The molecule has 0 aliphatic carbocycles. The molecule has 95 heavy (non-hydrogen) atoms. The van der Waals surface area contributed by atoms with Crippen LogP contribution in [0, 0.1) is 0 Å². The number of amides is 1. The van der Waals surface area contributed by atoms with Gasteiger partial charge in [-0.1, -0.05) is 344 Å². The van der Waals surface area contributed by atoms with Crippen molar-refractivity contribution in [2.75, 3.05) is 19.8 Å². The molecule has 0 aromatic carbocycles. The lowest BCUT2D eigenvalue weighted by molar-refractivity contribution is -0.302. The lowest BCUT2D eigenvalue weighted by atomic mass is 9.99. The Hall–Kier alpha value is -2.64. The molecular weight excluding hydrogens is 1180 g/mol. The summed E-state index contributed by atoms with van der Waals surface area (Å²) < 4.78 is 16.7. The Morgan fingerprint density at radius 3 is 1.13 bits per heavy atom. The molecule has 0 saturated carbocycles. The molecular formula is C84H155NO10. The summed E-state index contributed by atoms with van der Waals surface area (Å²) in [5.41, 5.74) is 0. The number of hydrogen-bond acceptors (Lipinski definition) is 10. The molecule has 0 bridgehead atoms. The molecule has 11 nitrogen and oxygen atoms in total. The van der Waals surface area contributed by atoms with Crippen LogP contribution in [-0.2, 0) is 23.8 Å². The van der Waals surface area contributed by atoms with E-state index in [0.29, 0.717) is 19.4 Å². The average molecular weight is 1340 g/mol. The van der Waals surface area contributed by atoms with Crippen LogP contribution in [0.1, 0.15) is 399 Å². The number of rotatable bonds is 73. The first-order valence-electron chi connectivity index (χ1n) is 41.1. The molecule has 1 saturated heterocycles. The SMILES string of the molecule is CCCCC/C=C/CC/C=C/C(O)C(COC1OC(CO)C(O)C(O)C1O)NC(=O)CCCCCCCCCCCCCCCCCCC/C=C\C/C=C\CCCCCCCCCCCCCCCCCOC(=O)CCCCCCCCCCC/C=C\CCCCCCCC. The van der Waals surface area contributed by atoms with Crippen LogP contribution in [0.25, 0.3) is 0 Å². The van der Waals surface area contributed by atoms with Gasteiger partial charge in [-0.2, -0.15) is 0 Å². The molecule has 7 atom stereocenters. The Morgan fingerprint density at radius 2 is 0.716 bits per heavy atom. The summed E-state index contributed by atoms with van der Waals surface area (Å²) in [6.45, 7) is 4.31. The Labute approximate surface area is 586 Å². The van der Waals surface area contributed by atoms with Crippen LogP contribution in [0.2, 0.25) is 0 Å². The summed E-state index contributed by atoms with van der Waals surface area (Å²) in [6.07, 6.45) is 88.7. The van der Waals surface area contributed by atoms with Gasteiger partial charge in [0, 0.05) is 12.8 Å². The van der Waals surface area contributed by atoms with E-state index in [-0.39, 0.29) is 18.5 Å². The van der Waals surface area contributed by atoms with Gasteiger partial charge in [-0.15, -0.1) is 0 Å². The van der Waals surface area contributed by atoms with E-state index in [0.717, 1.165) is 64.2 Å². The Kier molecular flexibility index (Phi) is 69.1. The topological polar surface area (TPSA) is 175 Å². The summed E-state index contributed by atoms with van der Waals surface area (Å²) >= 11 is 0. The zero-order chi connectivity index (χ0) is 68.6. The highest BCUT2D eigenvalue weighted by atomic mass is 16.7. The monoisotopic (exact) mass is 1340 g/mol. The summed E-state index contributed by atoms with van der Waals surface area (Å²) in [7, 11) is 0. The first kappa shape index (κ1) is 90.4. The fraction of sp³-hybridized carbons (Fsp3) is 0.857. The van der Waals surface area contributed by atoms with Gasteiger partial charge in [-0.25, -0.2) is 0 Å². The fourth-order valence-corrected chi connectivity index (χ4v) is 12.9. The van der Waals surface area contributed by atoms with Gasteiger partial charge in [0.25, 0.3) is 0 Å². The number of esters is 1. The number of nitrogens with one attached hydrogen (secondary N) is 1. The van der Waals surface area contributed by atoms with Gasteiger partial charge in [0.15, 0.2) is 6.29 Å². The molecule has 1 rings (SSSR count). The smallest absolute Gasteiger partial charge is 0.305 e. The number of carbonyl (C=O) groups is 2. The van der Waals surface area contributed by atoms with Crippen LogP contribution in [0.15, 0.2) is 60.8 Å². The molecule has 7 unspecified atom stereocenters. The molecule has 1 aliphatic heterocycles. The van der Waals surface area contributed by atoms with Crippen molar-refractivity contribution in [2.45, 2.75) is 442 Å². The average Bonchev–Trinajstić information content (AvgIpc) is 0.834.